The van der Waals surface area contributed by atoms with E-state index in [1.54, 1.807) is 68.8 Å². The topological polar surface area (TPSA) is 131 Å². The van der Waals surface area contributed by atoms with E-state index in [0.29, 0.717) is 22.7 Å². The number of hydrogen-bond acceptors (Lipinski definition) is 8. The number of nitrogens with one attached hydrogen (secondary N) is 1. The summed E-state index contributed by atoms with van der Waals surface area (Å²) in [5, 5.41) is 12.7. The number of benzene rings is 2. The van der Waals surface area contributed by atoms with Crippen LogP contribution in [0.5, 0.6) is 17.2 Å². The third kappa shape index (κ3) is 6.28. The molecule has 0 saturated carbocycles. The number of aliphatic hydroxyl groups excluding tert-OH is 1. The third-order valence-electron chi connectivity index (χ3n) is 7.12. The van der Waals surface area contributed by atoms with Crippen molar-refractivity contribution < 1.29 is 32.5 Å². The SMILES string of the molecule is C[C@@H]1CN([C@H](C)CO)S(=O)(=O)c2ccc(C#Cc3ccncc3)cc2O[C@H]1CN(C)C(=O)Nc1ccc2c(c1)OCO2. The number of ether oxygens (including phenoxy) is 3. The highest BCUT2D eigenvalue weighted by atomic mass is 32.2. The number of rotatable bonds is 5. The minimum absolute atomic E-state index is 0.0263. The maximum Gasteiger partial charge on any atom is 0.321 e. The van der Waals surface area contributed by atoms with E-state index < -0.39 is 22.2 Å². The molecule has 3 heterocycles. The van der Waals surface area contributed by atoms with Crippen LogP contribution in [0.3, 0.4) is 0 Å². The second-order valence-electron chi connectivity index (χ2n) is 10.3. The van der Waals surface area contributed by atoms with Gasteiger partial charge in [-0.2, -0.15) is 4.31 Å². The van der Waals surface area contributed by atoms with Crippen molar-refractivity contribution in [2.45, 2.75) is 30.9 Å². The van der Waals surface area contributed by atoms with Crippen LogP contribution in [0.25, 0.3) is 0 Å². The fourth-order valence-electron chi connectivity index (χ4n) is 4.65. The van der Waals surface area contributed by atoms with Crippen LogP contribution in [0, 0.1) is 17.8 Å². The molecule has 11 nitrogen and oxygen atoms in total. The fourth-order valence-corrected chi connectivity index (χ4v) is 6.47. The van der Waals surface area contributed by atoms with E-state index in [9.17, 15) is 18.3 Å². The summed E-state index contributed by atoms with van der Waals surface area (Å²) in [6, 6.07) is 12.3. The molecule has 3 aromatic rings. The molecule has 12 heteroatoms. The van der Waals surface area contributed by atoms with Crippen molar-refractivity contribution in [1.29, 1.82) is 0 Å². The molecule has 2 N–H and O–H groups in total. The number of likely N-dealkylation sites (N-methyl/N-ethyl adjacent to an activating group) is 1. The molecule has 2 amide bonds. The van der Waals surface area contributed by atoms with Crippen LogP contribution in [-0.2, 0) is 10.0 Å². The molecule has 3 atom stereocenters. The van der Waals surface area contributed by atoms with Crippen molar-refractivity contribution in [3.63, 3.8) is 0 Å². The van der Waals surface area contributed by atoms with Crippen molar-refractivity contribution >= 4 is 21.7 Å². The maximum atomic E-state index is 13.7. The molecule has 1 aromatic heterocycles. The number of urea groups is 1. The molecule has 5 rings (SSSR count). The molecule has 0 spiro atoms. The first-order valence-corrected chi connectivity index (χ1v) is 14.9. The van der Waals surface area contributed by atoms with E-state index in [1.165, 1.54) is 15.3 Å². The summed E-state index contributed by atoms with van der Waals surface area (Å²) in [5.74, 6) is 7.04. The van der Waals surface area contributed by atoms with Crippen molar-refractivity contribution in [3.05, 3.63) is 72.1 Å². The van der Waals surface area contributed by atoms with Gasteiger partial charge in [-0.15, -0.1) is 0 Å². The average molecular weight is 593 g/mol. The van der Waals surface area contributed by atoms with E-state index in [2.05, 4.69) is 22.1 Å². The van der Waals surface area contributed by atoms with Gasteiger partial charge in [-0.25, -0.2) is 13.2 Å². The molecule has 2 aliphatic rings. The summed E-state index contributed by atoms with van der Waals surface area (Å²) in [5.41, 5.74) is 1.86. The van der Waals surface area contributed by atoms with Gasteiger partial charge >= 0.3 is 6.03 Å². The highest BCUT2D eigenvalue weighted by Crippen LogP contribution is 2.35. The van der Waals surface area contributed by atoms with Crippen molar-refractivity contribution in [2.24, 2.45) is 5.92 Å². The Hall–Kier alpha value is -4.31. The Kier molecular flexibility index (Phi) is 8.54. The van der Waals surface area contributed by atoms with E-state index >= 15 is 0 Å². The number of amides is 2. The Morgan fingerprint density at radius 1 is 1.10 bits per heavy atom. The van der Waals surface area contributed by atoms with Crippen LogP contribution < -0.4 is 19.5 Å². The summed E-state index contributed by atoms with van der Waals surface area (Å²) >= 11 is 0. The smallest absolute Gasteiger partial charge is 0.321 e. The van der Waals surface area contributed by atoms with Crippen LogP contribution in [-0.4, -0.2) is 79.4 Å². The standard InChI is InChI=1S/C30H32N4O7S/c1-20-16-34(21(2)18-35)42(37,38)29-9-6-23(5-4-22-10-12-31-13-11-22)14-27(29)41-28(20)17-33(3)30(36)32-24-7-8-25-26(15-24)40-19-39-25/h6-15,20-21,28,35H,16-19H2,1-3H3,(H,32,36)/t20-,21-,28+/m1/s1. The lowest BCUT2D eigenvalue weighted by molar-refractivity contribution is 0.0830. The average Bonchev–Trinajstić information content (AvgIpc) is 3.46. The normalized spacial score (nSPS) is 19.6. The van der Waals surface area contributed by atoms with Gasteiger partial charge in [-0.3, -0.25) is 4.98 Å². The molecule has 0 fully saturated rings. The lowest BCUT2D eigenvalue weighted by atomic mass is 10.0. The van der Waals surface area contributed by atoms with Crippen LogP contribution >= 0.6 is 0 Å². The number of carbonyl (C=O) groups is 1. The number of anilines is 1. The number of hydrogen-bond donors (Lipinski definition) is 2. The molecule has 2 aliphatic heterocycles. The number of sulfonamides is 1. The zero-order valence-corrected chi connectivity index (χ0v) is 24.3. The first-order valence-electron chi connectivity index (χ1n) is 13.4. The van der Waals surface area contributed by atoms with Gasteiger partial charge in [0, 0.05) is 60.8 Å². The van der Waals surface area contributed by atoms with E-state index in [-0.39, 0.29) is 49.1 Å². The summed E-state index contributed by atoms with van der Waals surface area (Å²) in [7, 11) is -2.37. The Morgan fingerprint density at radius 3 is 2.60 bits per heavy atom. The van der Waals surface area contributed by atoms with Gasteiger partial charge in [0.05, 0.1) is 13.2 Å². The van der Waals surface area contributed by atoms with Gasteiger partial charge in [0.25, 0.3) is 0 Å². The minimum Gasteiger partial charge on any atom is -0.487 e. The number of carbonyl (C=O) groups excluding carboxylic acids is 1. The van der Waals surface area contributed by atoms with Gasteiger partial charge in [-0.1, -0.05) is 18.8 Å². The minimum atomic E-state index is -4.01. The Labute approximate surface area is 245 Å². The first kappa shape index (κ1) is 29.2. The summed E-state index contributed by atoms with van der Waals surface area (Å²) < 4.78 is 45.8. The highest BCUT2D eigenvalue weighted by Gasteiger charge is 2.38. The molecular weight excluding hydrogens is 560 g/mol. The van der Waals surface area contributed by atoms with Crippen LogP contribution in [0.2, 0.25) is 0 Å². The monoisotopic (exact) mass is 592 g/mol. The highest BCUT2D eigenvalue weighted by molar-refractivity contribution is 7.89. The van der Waals surface area contributed by atoms with Gasteiger partial charge in [-0.05, 0) is 49.4 Å². The zero-order valence-electron chi connectivity index (χ0n) is 23.5. The summed E-state index contributed by atoms with van der Waals surface area (Å²) in [6.07, 6.45) is 2.70. The lowest BCUT2D eigenvalue weighted by Crippen LogP contribution is -2.50. The Bertz CT molecular complexity index is 1620. The zero-order chi connectivity index (χ0) is 29.9. The van der Waals surface area contributed by atoms with Crippen LogP contribution in [0.4, 0.5) is 10.5 Å². The molecule has 220 valence electrons. The largest absolute Gasteiger partial charge is 0.487 e. The van der Waals surface area contributed by atoms with Crippen LogP contribution in [0.1, 0.15) is 25.0 Å². The molecule has 42 heavy (non-hydrogen) atoms. The van der Waals surface area contributed by atoms with Crippen molar-refractivity contribution in [1.82, 2.24) is 14.2 Å². The van der Waals surface area contributed by atoms with E-state index in [1.807, 2.05) is 6.92 Å². The fraction of sp³-hybridized carbons (Fsp3) is 0.333. The number of aromatic nitrogens is 1. The van der Waals surface area contributed by atoms with Gasteiger partial charge < -0.3 is 29.5 Å². The number of fused-ring (bicyclic) bond motifs is 2. The summed E-state index contributed by atoms with van der Waals surface area (Å²) in [4.78, 5) is 18.6. The maximum absolute atomic E-state index is 13.7. The van der Waals surface area contributed by atoms with Crippen molar-refractivity contribution in [2.75, 3.05) is 38.9 Å². The second kappa shape index (κ2) is 12.3. The second-order valence-corrected chi connectivity index (χ2v) is 12.1. The third-order valence-corrected chi connectivity index (χ3v) is 9.14. The first-order chi connectivity index (χ1) is 20.2. The molecule has 0 saturated heterocycles. The molecular formula is C30H32N4O7S. The summed E-state index contributed by atoms with van der Waals surface area (Å²) in [6.45, 7) is 3.55. The molecule has 2 aromatic carbocycles. The van der Waals surface area contributed by atoms with Crippen molar-refractivity contribution in [3.8, 4) is 29.1 Å². The molecule has 0 aliphatic carbocycles. The van der Waals surface area contributed by atoms with Gasteiger partial charge in [0.2, 0.25) is 16.8 Å². The van der Waals surface area contributed by atoms with Gasteiger partial charge in [0.15, 0.2) is 11.5 Å². The molecule has 0 unspecified atom stereocenters. The lowest BCUT2D eigenvalue weighted by Gasteiger charge is -2.37. The van der Waals surface area contributed by atoms with Crippen LogP contribution in [0.15, 0.2) is 65.8 Å². The van der Waals surface area contributed by atoms with E-state index in [0.717, 1.165) is 5.56 Å². The number of aliphatic hydroxyl groups is 1. The predicted molar refractivity (Wildman–Crippen MR) is 155 cm³/mol. The molecule has 0 radical (unpaired) electrons. The Balaban J connectivity index is 1.42. The van der Waals surface area contributed by atoms with Gasteiger partial charge in [0.1, 0.15) is 16.7 Å². The number of pyridine rings is 1. The number of nitrogens with zero attached hydrogens (tertiary/aromatic N) is 3. The predicted octanol–water partition coefficient (Wildman–Crippen LogP) is 3.14. The van der Waals surface area contributed by atoms with E-state index in [4.69, 9.17) is 14.2 Å². The Morgan fingerprint density at radius 2 is 1.83 bits per heavy atom. The quantitative estimate of drug-likeness (QED) is 0.432. The molecule has 0 bridgehead atoms.